The number of aryl methyl sites for hydroxylation is 1. The lowest BCUT2D eigenvalue weighted by molar-refractivity contribution is -0.385. The standard InChI is InChI=1S/C24H25N3O4/c1-4-12-26(24(28)20-11-10-18(2)23(15-20)27(29)30)17-21-8-6-13-25(21)16-19-7-5-9-22(14-19)31-3/h4-11,13-15H,1,12,16-17H2,2-3H3. The van der Waals surface area contributed by atoms with E-state index in [1.165, 1.54) is 6.07 Å². The molecular formula is C24H25N3O4. The molecule has 0 unspecified atom stereocenters. The Labute approximate surface area is 181 Å². The van der Waals surface area contributed by atoms with E-state index in [1.807, 2.05) is 42.6 Å². The molecule has 0 aliphatic carbocycles. The van der Waals surface area contributed by atoms with Crippen molar-refractivity contribution in [3.63, 3.8) is 0 Å². The zero-order valence-corrected chi connectivity index (χ0v) is 17.7. The average Bonchev–Trinajstić information content (AvgIpc) is 3.19. The maximum absolute atomic E-state index is 13.1. The van der Waals surface area contributed by atoms with Crippen molar-refractivity contribution in [3.8, 4) is 5.75 Å². The molecule has 1 amide bonds. The number of aromatic nitrogens is 1. The molecule has 0 N–H and O–H groups in total. The lowest BCUT2D eigenvalue weighted by Crippen LogP contribution is -2.31. The fourth-order valence-electron chi connectivity index (χ4n) is 3.41. The lowest BCUT2D eigenvalue weighted by Gasteiger charge is -2.22. The van der Waals surface area contributed by atoms with Gasteiger partial charge in [0.25, 0.3) is 11.6 Å². The molecule has 2 aromatic carbocycles. The Morgan fingerprint density at radius 3 is 2.74 bits per heavy atom. The number of amides is 1. The van der Waals surface area contributed by atoms with Crippen molar-refractivity contribution in [2.24, 2.45) is 0 Å². The summed E-state index contributed by atoms with van der Waals surface area (Å²) in [6.07, 6.45) is 3.61. The number of carbonyl (C=O) groups is 1. The van der Waals surface area contributed by atoms with E-state index in [1.54, 1.807) is 37.1 Å². The van der Waals surface area contributed by atoms with Crippen LogP contribution >= 0.6 is 0 Å². The van der Waals surface area contributed by atoms with E-state index < -0.39 is 4.92 Å². The largest absolute Gasteiger partial charge is 0.497 e. The molecular weight excluding hydrogens is 394 g/mol. The Bertz CT molecular complexity index is 1100. The number of benzene rings is 2. The number of methoxy groups -OCH3 is 1. The van der Waals surface area contributed by atoms with Gasteiger partial charge in [0.1, 0.15) is 5.75 Å². The molecule has 1 aromatic heterocycles. The van der Waals surface area contributed by atoms with Gasteiger partial charge in [-0.1, -0.05) is 24.3 Å². The van der Waals surface area contributed by atoms with Gasteiger partial charge in [-0.25, -0.2) is 0 Å². The zero-order valence-electron chi connectivity index (χ0n) is 17.7. The molecule has 3 aromatic rings. The van der Waals surface area contributed by atoms with E-state index in [-0.39, 0.29) is 17.2 Å². The lowest BCUT2D eigenvalue weighted by atomic mass is 10.1. The van der Waals surface area contributed by atoms with Crippen molar-refractivity contribution < 1.29 is 14.5 Å². The summed E-state index contributed by atoms with van der Waals surface area (Å²) in [6.45, 7) is 6.71. The van der Waals surface area contributed by atoms with Crippen molar-refractivity contribution >= 4 is 11.6 Å². The van der Waals surface area contributed by atoms with Crippen LogP contribution in [0.1, 0.15) is 27.2 Å². The first-order valence-corrected chi connectivity index (χ1v) is 9.85. The van der Waals surface area contributed by atoms with Crippen molar-refractivity contribution in [1.82, 2.24) is 9.47 Å². The molecule has 3 rings (SSSR count). The van der Waals surface area contributed by atoms with E-state index in [0.29, 0.717) is 25.2 Å². The van der Waals surface area contributed by atoms with Gasteiger partial charge in [-0.05, 0) is 42.8 Å². The second-order valence-corrected chi connectivity index (χ2v) is 7.21. The molecule has 0 spiro atoms. The van der Waals surface area contributed by atoms with Crippen LogP contribution in [0.4, 0.5) is 5.69 Å². The maximum Gasteiger partial charge on any atom is 0.273 e. The Balaban J connectivity index is 1.83. The minimum absolute atomic E-state index is 0.0641. The number of rotatable bonds is 9. The molecule has 160 valence electrons. The van der Waals surface area contributed by atoms with Crippen molar-refractivity contribution in [2.75, 3.05) is 13.7 Å². The predicted molar refractivity (Wildman–Crippen MR) is 119 cm³/mol. The van der Waals surface area contributed by atoms with Gasteiger partial charge in [0, 0.05) is 42.2 Å². The van der Waals surface area contributed by atoms with Crippen LogP contribution in [0.5, 0.6) is 5.75 Å². The van der Waals surface area contributed by atoms with Crippen LogP contribution in [0, 0.1) is 17.0 Å². The van der Waals surface area contributed by atoms with Crippen LogP contribution in [0.15, 0.2) is 73.4 Å². The minimum atomic E-state index is -0.469. The maximum atomic E-state index is 13.1. The monoisotopic (exact) mass is 419 g/mol. The molecule has 0 aliphatic heterocycles. The van der Waals surface area contributed by atoms with Crippen LogP contribution in [-0.4, -0.2) is 34.0 Å². The third kappa shape index (κ3) is 5.19. The first-order chi connectivity index (χ1) is 14.9. The van der Waals surface area contributed by atoms with Gasteiger partial charge in [-0.3, -0.25) is 14.9 Å². The number of ether oxygens (including phenoxy) is 1. The van der Waals surface area contributed by atoms with E-state index >= 15 is 0 Å². The van der Waals surface area contributed by atoms with Gasteiger partial charge in [-0.15, -0.1) is 6.58 Å². The summed E-state index contributed by atoms with van der Waals surface area (Å²) in [5.41, 5.74) is 2.76. The van der Waals surface area contributed by atoms with Crippen LogP contribution in [0.2, 0.25) is 0 Å². The van der Waals surface area contributed by atoms with Crippen molar-refractivity contribution in [2.45, 2.75) is 20.0 Å². The van der Waals surface area contributed by atoms with Crippen LogP contribution < -0.4 is 4.74 Å². The first kappa shape index (κ1) is 21.8. The first-order valence-electron chi connectivity index (χ1n) is 9.85. The topological polar surface area (TPSA) is 77.6 Å². The highest BCUT2D eigenvalue weighted by Crippen LogP contribution is 2.21. The molecule has 0 fully saturated rings. The molecule has 1 heterocycles. The normalized spacial score (nSPS) is 10.5. The van der Waals surface area contributed by atoms with Crippen LogP contribution in [-0.2, 0) is 13.1 Å². The Morgan fingerprint density at radius 2 is 2.03 bits per heavy atom. The SMILES string of the molecule is C=CCN(Cc1cccn1Cc1cccc(OC)c1)C(=O)c1ccc(C)c([N+](=O)[O-])c1. The Kier molecular flexibility index (Phi) is 6.87. The summed E-state index contributed by atoms with van der Waals surface area (Å²) in [6, 6.07) is 16.3. The fraction of sp³-hybridized carbons (Fsp3) is 0.208. The van der Waals surface area contributed by atoms with Crippen LogP contribution in [0.3, 0.4) is 0 Å². The van der Waals surface area contributed by atoms with Gasteiger partial charge < -0.3 is 14.2 Å². The molecule has 31 heavy (non-hydrogen) atoms. The molecule has 0 radical (unpaired) electrons. The van der Waals surface area contributed by atoms with Crippen molar-refractivity contribution in [3.05, 3.63) is 106 Å². The molecule has 0 saturated carbocycles. The van der Waals surface area contributed by atoms with Gasteiger partial charge in [0.05, 0.1) is 18.6 Å². The average molecular weight is 419 g/mol. The number of hydrogen-bond acceptors (Lipinski definition) is 4. The Morgan fingerprint density at radius 1 is 1.23 bits per heavy atom. The van der Waals surface area contributed by atoms with Gasteiger partial charge in [0.2, 0.25) is 0 Å². The van der Waals surface area contributed by atoms with E-state index in [4.69, 9.17) is 4.74 Å². The molecule has 0 saturated heterocycles. The molecule has 0 bridgehead atoms. The van der Waals surface area contributed by atoms with Crippen LogP contribution in [0.25, 0.3) is 0 Å². The summed E-state index contributed by atoms with van der Waals surface area (Å²) in [5, 5.41) is 11.3. The number of hydrogen-bond donors (Lipinski definition) is 0. The summed E-state index contributed by atoms with van der Waals surface area (Å²) < 4.78 is 7.36. The second kappa shape index (κ2) is 9.75. The molecule has 0 aliphatic rings. The molecule has 7 heteroatoms. The summed E-state index contributed by atoms with van der Waals surface area (Å²) in [7, 11) is 1.63. The van der Waals surface area contributed by atoms with E-state index in [2.05, 4.69) is 11.1 Å². The number of nitrogens with zero attached hydrogens (tertiary/aromatic N) is 3. The molecule has 7 nitrogen and oxygen atoms in total. The van der Waals surface area contributed by atoms with E-state index in [9.17, 15) is 14.9 Å². The third-order valence-electron chi connectivity index (χ3n) is 5.05. The van der Waals surface area contributed by atoms with Gasteiger partial charge in [0.15, 0.2) is 0 Å². The Hall–Kier alpha value is -3.87. The fourth-order valence-corrected chi connectivity index (χ4v) is 3.41. The summed E-state index contributed by atoms with van der Waals surface area (Å²) in [4.78, 5) is 25.5. The number of nitro groups is 1. The third-order valence-corrected chi connectivity index (χ3v) is 5.05. The second-order valence-electron chi connectivity index (χ2n) is 7.21. The highest BCUT2D eigenvalue weighted by Gasteiger charge is 2.20. The van der Waals surface area contributed by atoms with Gasteiger partial charge >= 0.3 is 0 Å². The molecule has 0 atom stereocenters. The van der Waals surface area contributed by atoms with E-state index in [0.717, 1.165) is 17.0 Å². The quantitative estimate of drug-likeness (QED) is 0.289. The highest BCUT2D eigenvalue weighted by atomic mass is 16.6. The summed E-state index contributed by atoms with van der Waals surface area (Å²) in [5.74, 6) is 0.507. The smallest absolute Gasteiger partial charge is 0.273 e. The van der Waals surface area contributed by atoms with Gasteiger partial charge in [-0.2, -0.15) is 0 Å². The highest BCUT2D eigenvalue weighted by molar-refractivity contribution is 5.95. The summed E-state index contributed by atoms with van der Waals surface area (Å²) >= 11 is 0. The zero-order chi connectivity index (χ0) is 22.4. The predicted octanol–water partition coefficient (Wildman–Crippen LogP) is 4.59. The van der Waals surface area contributed by atoms with Crippen molar-refractivity contribution in [1.29, 1.82) is 0 Å². The number of carbonyl (C=O) groups excluding carboxylic acids is 1. The number of nitro benzene ring substituents is 1. The minimum Gasteiger partial charge on any atom is -0.497 e.